The lowest BCUT2D eigenvalue weighted by atomic mass is 10.1. The fraction of sp³-hybridized carbons (Fsp3) is 0.333. The first-order valence-electron chi connectivity index (χ1n) is 6.84. The van der Waals surface area contributed by atoms with Crippen LogP contribution in [0.3, 0.4) is 0 Å². The van der Waals surface area contributed by atoms with Crippen LogP contribution >= 0.6 is 0 Å². The van der Waals surface area contributed by atoms with Gasteiger partial charge in [-0.15, -0.1) is 0 Å². The Kier molecular flexibility index (Phi) is 5.80. The maximum absolute atomic E-state index is 11.0. The van der Waals surface area contributed by atoms with Crippen molar-refractivity contribution < 1.29 is 19.1 Å². The second-order valence-electron chi connectivity index (χ2n) is 4.30. The number of aryl methyl sites for hydroxylation is 2. The van der Waals surface area contributed by atoms with E-state index in [1.807, 2.05) is 13.8 Å². The number of amides is 1. The van der Waals surface area contributed by atoms with Gasteiger partial charge in [0.05, 0.1) is 5.69 Å². The fourth-order valence-electron chi connectivity index (χ4n) is 1.71. The van der Waals surface area contributed by atoms with Crippen molar-refractivity contribution in [3.05, 3.63) is 29.3 Å². The van der Waals surface area contributed by atoms with Crippen LogP contribution in [-0.2, 0) is 4.79 Å². The van der Waals surface area contributed by atoms with Gasteiger partial charge in [-0.2, -0.15) is 0 Å². The second kappa shape index (κ2) is 7.35. The van der Waals surface area contributed by atoms with Gasteiger partial charge < -0.3 is 14.8 Å². The number of carbonyl (C=O) groups is 2. The summed E-state index contributed by atoms with van der Waals surface area (Å²) in [5, 5.41) is 11.5. The third-order valence-corrected chi connectivity index (χ3v) is 2.63. The zero-order valence-electron chi connectivity index (χ0n) is 13.2. The summed E-state index contributed by atoms with van der Waals surface area (Å²) >= 11 is 0. The molecule has 0 saturated heterocycles. The monoisotopic (exact) mass is 305 g/mol. The third-order valence-electron chi connectivity index (χ3n) is 2.63. The highest BCUT2D eigenvalue weighted by Crippen LogP contribution is 2.26. The van der Waals surface area contributed by atoms with Crippen LogP contribution in [-0.4, -0.2) is 27.0 Å². The summed E-state index contributed by atoms with van der Waals surface area (Å²) in [5.74, 6) is -1.08. The van der Waals surface area contributed by atoms with Crippen molar-refractivity contribution in [3.8, 4) is 11.5 Å². The second-order valence-corrected chi connectivity index (χ2v) is 4.30. The number of aromatic carboxylic acids is 1. The molecule has 7 nitrogen and oxygen atoms in total. The first-order valence-corrected chi connectivity index (χ1v) is 6.84. The van der Waals surface area contributed by atoms with Gasteiger partial charge >= 0.3 is 5.97 Å². The molecule has 2 aromatic heterocycles. The van der Waals surface area contributed by atoms with Crippen molar-refractivity contribution in [3.63, 3.8) is 0 Å². The van der Waals surface area contributed by atoms with Crippen molar-refractivity contribution in [1.29, 1.82) is 0 Å². The number of carboxylic acids is 1. The van der Waals surface area contributed by atoms with E-state index in [0.717, 1.165) is 5.56 Å². The first-order chi connectivity index (χ1) is 10.4. The number of pyridine rings is 1. The molecule has 0 aliphatic carbocycles. The number of rotatable bonds is 3. The predicted molar refractivity (Wildman–Crippen MR) is 81.8 cm³/mol. The van der Waals surface area contributed by atoms with Crippen LogP contribution in [0.25, 0.3) is 11.5 Å². The van der Waals surface area contributed by atoms with Crippen LogP contribution in [0.4, 0.5) is 5.82 Å². The Bertz CT molecular complexity index is 692. The van der Waals surface area contributed by atoms with Crippen molar-refractivity contribution in [2.24, 2.45) is 0 Å². The summed E-state index contributed by atoms with van der Waals surface area (Å²) in [5.41, 5.74) is 1.64. The minimum absolute atomic E-state index is 0.186. The van der Waals surface area contributed by atoms with Crippen molar-refractivity contribution in [2.45, 2.75) is 34.6 Å². The van der Waals surface area contributed by atoms with E-state index in [-0.39, 0.29) is 17.6 Å². The van der Waals surface area contributed by atoms with Gasteiger partial charge in [-0.05, 0) is 25.5 Å². The Morgan fingerprint density at radius 1 is 1.27 bits per heavy atom. The van der Waals surface area contributed by atoms with Crippen LogP contribution in [0.2, 0.25) is 0 Å². The summed E-state index contributed by atoms with van der Waals surface area (Å²) in [7, 11) is 0. The summed E-state index contributed by atoms with van der Waals surface area (Å²) in [6.07, 6.45) is 1.56. The van der Waals surface area contributed by atoms with E-state index in [1.54, 1.807) is 26.1 Å². The molecule has 1 amide bonds. The zero-order chi connectivity index (χ0) is 16.9. The molecule has 0 aromatic carbocycles. The van der Waals surface area contributed by atoms with E-state index in [0.29, 0.717) is 17.1 Å². The molecule has 0 atom stereocenters. The topological polar surface area (TPSA) is 105 Å². The highest BCUT2D eigenvalue weighted by atomic mass is 16.4. The molecule has 2 rings (SSSR count). The van der Waals surface area contributed by atoms with Gasteiger partial charge in [0.25, 0.3) is 0 Å². The Balaban J connectivity index is 0.00000116. The maximum atomic E-state index is 11.0. The molecule has 0 fully saturated rings. The Labute approximate surface area is 128 Å². The van der Waals surface area contributed by atoms with Gasteiger partial charge in [0.1, 0.15) is 5.82 Å². The van der Waals surface area contributed by atoms with Gasteiger partial charge in [-0.1, -0.05) is 13.8 Å². The molecule has 118 valence electrons. The molecular formula is C15H19N3O4. The molecule has 2 heterocycles. The first kappa shape index (κ1) is 17.4. The maximum Gasteiger partial charge on any atom is 0.373 e. The molecule has 0 unspecified atom stereocenters. The van der Waals surface area contributed by atoms with Crippen LogP contribution in [0, 0.1) is 13.8 Å². The van der Waals surface area contributed by atoms with E-state index in [4.69, 9.17) is 9.52 Å². The number of anilines is 1. The molecule has 2 N–H and O–H groups in total. The summed E-state index contributed by atoms with van der Waals surface area (Å²) in [6, 6.07) is 1.59. The molecule has 0 radical (unpaired) electrons. The minimum atomic E-state index is -1.17. The molecule has 0 bridgehead atoms. The molecule has 0 spiro atoms. The highest BCUT2D eigenvalue weighted by Gasteiger charge is 2.18. The SMILES string of the molecule is CC.CC(=O)Nc1cc(-c2nc(C)c(C(=O)O)o2)c(C)cn1. The van der Waals surface area contributed by atoms with Gasteiger partial charge in [0, 0.05) is 18.7 Å². The molecule has 0 aliphatic rings. The quantitative estimate of drug-likeness (QED) is 0.903. The number of hydrogen-bond donors (Lipinski definition) is 2. The lowest BCUT2D eigenvalue weighted by Gasteiger charge is -2.05. The zero-order valence-corrected chi connectivity index (χ0v) is 13.2. The van der Waals surface area contributed by atoms with E-state index in [1.165, 1.54) is 6.92 Å². The summed E-state index contributed by atoms with van der Waals surface area (Å²) in [4.78, 5) is 30.1. The number of hydrogen-bond acceptors (Lipinski definition) is 5. The Hall–Kier alpha value is -2.70. The normalized spacial score (nSPS) is 9.68. The molecule has 2 aromatic rings. The van der Waals surface area contributed by atoms with Crippen LogP contribution in [0.15, 0.2) is 16.7 Å². The van der Waals surface area contributed by atoms with E-state index in [9.17, 15) is 9.59 Å². The number of oxazole rings is 1. The average Bonchev–Trinajstić information content (AvgIpc) is 2.84. The smallest absolute Gasteiger partial charge is 0.373 e. The van der Waals surface area contributed by atoms with E-state index in [2.05, 4.69) is 15.3 Å². The number of carbonyl (C=O) groups excluding carboxylic acids is 1. The molecule has 7 heteroatoms. The molecule has 0 aliphatic heterocycles. The van der Waals surface area contributed by atoms with Crippen LogP contribution < -0.4 is 5.32 Å². The Morgan fingerprint density at radius 2 is 1.91 bits per heavy atom. The average molecular weight is 305 g/mol. The van der Waals surface area contributed by atoms with E-state index < -0.39 is 5.97 Å². The summed E-state index contributed by atoms with van der Waals surface area (Å²) < 4.78 is 5.25. The lowest BCUT2D eigenvalue weighted by Crippen LogP contribution is -2.07. The molecular weight excluding hydrogens is 286 g/mol. The number of aromatic nitrogens is 2. The number of nitrogens with zero attached hydrogens (tertiary/aromatic N) is 2. The predicted octanol–water partition coefficient (Wildman–Crippen LogP) is 3.04. The van der Waals surface area contributed by atoms with E-state index >= 15 is 0 Å². The highest BCUT2D eigenvalue weighted by molar-refractivity contribution is 5.88. The van der Waals surface area contributed by atoms with Gasteiger partial charge in [0.2, 0.25) is 17.6 Å². The largest absolute Gasteiger partial charge is 0.475 e. The van der Waals surface area contributed by atoms with Crippen LogP contribution in [0.5, 0.6) is 0 Å². The van der Waals surface area contributed by atoms with Gasteiger partial charge in [-0.25, -0.2) is 14.8 Å². The lowest BCUT2D eigenvalue weighted by molar-refractivity contribution is -0.114. The number of nitrogens with one attached hydrogen (secondary N) is 1. The van der Waals surface area contributed by atoms with Crippen LogP contribution in [0.1, 0.15) is 42.6 Å². The fourth-order valence-corrected chi connectivity index (χ4v) is 1.71. The standard InChI is InChI=1S/C13H13N3O4.C2H6/c1-6-5-14-10(16-8(3)17)4-9(6)12-15-7(2)11(20-12)13(18)19;1-2/h4-5H,1-3H3,(H,18,19)(H,14,16,17);1-2H3. The van der Waals surface area contributed by atoms with Crippen molar-refractivity contribution >= 4 is 17.7 Å². The number of carboxylic acid groups (broad SMARTS) is 1. The third kappa shape index (κ3) is 3.91. The molecule has 22 heavy (non-hydrogen) atoms. The summed E-state index contributed by atoms with van der Waals surface area (Å²) in [6.45, 7) is 8.72. The molecule has 0 saturated carbocycles. The minimum Gasteiger partial charge on any atom is -0.475 e. The van der Waals surface area contributed by atoms with Crippen molar-refractivity contribution in [2.75, 3.05) is 5.32 Å². The van der Waals surface area contributed by atoms with Gasteiger partial charge in [-0.3, -0.25) is 4.79 Å². The Morgan fingerprint density at radius 3 is 2.41 bits per heavy atom. The van der Waals surface area contributed by atoms with Gasteiger partial charge in [0.15, 0.2) is 0 Å². The van der Waals surface area contributed by atoms with Crippen molar-refractivity contribution in [1.82, 2.24) is 9.97 Å².